The van der Waals surface area contributed by atoms with Crippen LogP contribution in [0.5, 0.6) is 0 Å². The van der Waals surface area contributed by atoms with Crippen molar-refractivity contribution in [3.05, 3.63) is 0 Å². The maximum Gasteiger partial charge on any atom is 2.00 e. The fourth-order valence-corrected chi connectivity index (χ4v) is 2.73. The summed E-state index contributed by atoms with van der Waals surface area (Å²) in [4.78, 5) is 0. The summed E-state index contributed by atoms with van der Waals surface area (Å²) >= 11 is 0. The molecule has 0 spiro atoms. The summed E-state index contributed by atoms with van der Waals surface area (Å²) in [6, 6.07) is 0. The van der Waals surface area contributed by atoms with E-state index in [-0.39, 0.29) is 30.3 Å². The molecule has 0 aromatic rings. The Morgan fingerprint density at radius 2 is 0.815 bits per heavy atom. The van der Waals surface area contributed by atoms with E-state index in [4.69, 9.17) is 0 Å². The largest absolute Gasteiger partial charge is 2.00 e. The van der Waals surface area contributed by atoms with E-state index in [1.165, 1.54) is 38.5 Å². The zero-order chi connectivity index (χ0) is 20.3. The Labute approximate surface area is 176 Å². The molecule has 0 aliphatic rings. The second-order valence-electron chi connectivity index (χ2n) is 6.00. The molecule has 0 aliphatic carbocycles. The second kappa shape index (κ2) is 21.0. The Kier molecular flexibility index (Phi) is 24.8. The molecule has 0 bridgehead atoms. The van der Waals surface area contributed by atoms with Crippen molar-refractivity contribution in [3.63, 3.8) is 0 Å². The van der Waals surface area contributed by atoms with E-state index in [2.05, 4.69) is 22.2 Å². The van der Waals surface area contributed by atoms with E-state index in [9.17, 15) is 25.9 Å². The van der Waals surface area contributed by atoms with Crippen LogP contribution < -0.4 is 0 Å². The smallest absolute Gasteiger partial charge is 0.726 e. The van der Waals surface area contributed by atoms with E-state index in [0.29, 0.717) is 12.8 Å². The Morgan fingerprint density at radius 1 is 0.556 bits per heavy atom. The summed E-state index contributed by atoms with van der Waals surface area (Å²) in [6.07, 6.45) is 12.4. The van der Waals surface area contributed by atoms with Gasteiger partial charge in [0.25, 0.3) is 0 Å². The molecule has 0 aliphatic heterocycles. The normalized spacial score (nSPS) is 11.4. The molecule has 0 N–H and O–H groups in total. The average Bonchev–Trinajstić information content (AvgIpc) is 2.52. The first-order valence-electron chi connectivity index (χ1n) is 9.32. The first kappa shape index (κ1) is 31.9. The first-order valence-corrected chi connectivity index (χ1v) is 12.0. The van der Waals surface area contributed by atoms with Gasteiger partial charge in [0.2, 0.25) is 20.8 Å². The summed E-state index contributed by atoms with van der Waals surface area (Å²) in [5.74, 6) is 0. The van der Waals surface area contributed by atoms with Gasteiger partial charge in [0.1, 0.15) is 0 Å². The Bertz CT molecular complexity index is 449. The van der Waals surface area contributed by atoms with Gasteiger partial charge in [-0.15, -0.1) is 0 Å². The third kappa shape index (κ3) is 37.7. The third-order valence-electron chi connectivity index (χ3n) is 3.45. The van der Waals surface area contributed by atoms with Crippen molar-refractivity contribution >= 4 is 20.8 Å². The molecule has 0 aromatic heterocycles. The van der Waals surface area contributed by atoms with Gasteiger partial charge in [-0.25, -0.2) is 16.8 Å². The Morgan fingerprint density at radius 3 is 1.07 bits per heavy atom. The van der Waals surface area contributed by atoms with Crippen LogP contribution in [0.4, 0.5) is 0 Å². The molecule has 8 nitrogen and oxygen atoms in total. The van der Waals surface area contributed by atoms with Crippen LogP contribution in [-0.4, -0.2) is 39.2 Å². The van der Waals surface area contributed by atoms with Crippen LogP contribution in [-0.2, 0) is 46.2 Å². The van der Waals surface area contributed by atoms with Crippen LogP contribution in [0.25, 0.3) is 0 Å². The summed E-state index contributed by atoms with van der Waals surface area (Å²) in [5.41, 5.74) is 0. The van der Waals surface area contributed by atoms with E-state index in [1.54, 1.807) is 0 Å². The SMILES string of the molecule is CCCCCCCCOS(=O)(=O)[O-].CCCCCCCCOS(=O)(=O)[O-].[Cu+2]. The molecule has 0 saturated carbocycles. The predicted octanol–water partition coefficient (Wildman–Crippen LogP) is 3.64. The Hall–Kier alpha value is 0.259. The molecular weight excluding hydrogens is 448 g/mol. The molecule has 11 heteroatoms. The van der Waals surface area contributed by atoms with Crippen molar-refractivity contribution in [1.29, 1.82) is 0 Å². The maximum atomic E-state index is 9.99. The molecule has 0 aromatic carbocycles. The van der Waals surface area contributed by atoms with Crippen molar-refractivity contribution in [2.45, 2.75) is 90.9 Å². The minimum absolute atomic E-state index is 0. The molecule has 0 saturated heterocycles. The van der Waals surface area contributed by atoms with E-state index >= 15 is 0 Å². The number of rotatable bonds is 16. The summed E-state index contributed by atoms with van der Waals surface area (Å²) < 4.78 is 68.0. The van der Waals surface area contributed by atoms with Crippen molar-refractivity contribution in [2.24, 2.45) is 0 Å². The third-order valence-corrected chi connectivity index (χ3v) is 4.36. The van der Waals surface area contributed by atoms with E-state index in [1.807, 2.05) is 0 Å². The zero-order valence-corrected chi connectivity index (χ0v) is 18.9. The molecular formula is C16H34CuO8S2. The average molecular weight is 482 g/mol. The molecule has 0 heterocycles. The topological polar surface area (TPSA) is 133 Å². The van der Waals surface area contributed by atoms with E-state index < -0.39 is 20.8 Å². The van der Waals surface area contributed by atoms with E-state index in [0.717, 1.165) is 25.7 Å². The minimum Gasteiger partial charge on any atom is -0.726 e. The molecule has 1 radical (unpaired) electrons. The van der Waals surface area contributed by atoms with Crippen molar-refractivity contribution in [3.8, 4) is 0 Å². The summed E-state index contributed by atoms with van der Waals surface area (Å²) in [7, 11) is -8.94. The van der Waals surface area contributed by atoms with Gasteiger partial charge in [-0.05, 0) is 12.8 Å². The summed E-state index contributed by atoms with van der Waals surface area (Å²) in [6.45, 7) is 4.32. The van der Waals surface area contributed by atoms with Gasteiger partial charge in [-0.3, -0.25) is 8.37 Å². The fourth-order valence-electron chi connectivity index (χ4n) is 2.09. The van der Waals surface area contributed by atoms with Gasteiger partial charge in [0, 0.05) is 0 Å². The monoisotopic (exact) mass is 481 g/mol. The molecule has 0 fully saturated rings. The second-order valence-corrected chi connectivity index (χ2v) is 8.10. The van der Waals surface area contributed by atoms with Crippen molar-refractivity contribution in [1.82, 2.24) is 0 Å². The van der Waals surface area contributed by atoms with Crippen LogP contribution in [0.2, 0.25) is 0 Å². The fraction of sp³-hybridized carbons (Fsp3) is 1.00. The molecule has 0 amide bonds. The van der Waals surface area contributed by atoms with Gasteiger partial charge in [-0.2, -0.15) is 0 Å². The molecule has 27 heavy (non-hydrogen) atoms. The quantitative estimate of drug-likeness (QED) is 0.141. The molecule has 0 atom stereocenters. The number of hydrogen-bond acceptors (Lipinski definition) is 8. The van der Waals surface area contributed by atoms with Crippen LogP contribution in [0.1, 0.15) is 90.9 Å². The van der Waals surface area contributed by atoms with Crippen LogP contribution >= 0.6 is 0 Å². The number of hydrogen-bond donors (Lipinski definition) is 0. The van der Waals surface area contributed by atoms with Crippen LogP contribution in [0.15, 0.2) is 0 Å². The van der Waals surface area contributed by atoms with Crippen molar-refractivity contribution in [2.75, 3.05) is 13.2 Å². The standard InChI is InChI=1S/2C8H18O4S.Cu/c2*1-2-3-4-5-6-7-8-12-13(9,10)11;/h2*2-8H2,1H3,(H,9,10,11);/q;;+2/p-2. The molecule has 169 valence electrons. The van der Waals surface area contributed by atoms with Crippen LogP contribution in [0.3, 0.4) is 0 Å². The Balaban J connectivity index is -0.000000411. The van der Waals surface area contributed by atoms with Gasteiger partial charge in [-0.1, -0.05) is 78.1 Å². The van der Waals surface area contributed by atoms with Gasteiger partial charge in [0.15, 0.2) is 0 Å². The first-order chi connectivity index (χ1) is 12.1. The maximum absolute atomic E-state index is 9.99. The van der Waals surface area contributed by atoms with Gasteiger partial charge < -0.3 is 9.11 Å². The molecule has 0 unspecified atom stereocenters. The zero-order valence-electron chi connectivity index (χ0n) is 16.3. The predicted molar refractivity (Wildman–Crippen MR) is 98.1 cm³/mol. The van der Waals surface area contributed by atoms with Gasteiger partial charge in [0.05, 0.1) is 13.2 Å². The number of unbranched alkanes of at least 4 members (excludes halogenated alkanes) is 10. The van der Waals surface area contributed by atoms with Gasteiger partial charge >= 0.3 is 17.1 Å². The van der Waals surface area contributed by atoms with Crippen LogP contribution in [0, 0.1) is 0 Å². The minimum atomic E-state index is -4.47. The van der Waals surface area contributed by atoms with Crippen molar-refractivity contribution < 1.29 is 51.4 Å². The summed E-state index contributed by atoms with van der Waals surface area (Å²) in [5, 5.41) is 0. The molecule has 0 rings (SSSR count).